The number of nitrogens with one attached hydrogen (secondary N) is 3. The minimum absolute atomic E-state index is 0.0151. The summed E-state index contributed by atoms with van der Waals surface area (Å²) in [5.41, 5.74) is -5.34. The third-order valence-corrected chi connectivity index (χ3v) is 21.4. The molecule has 0 unspecified atom stereocenters. The number of alkyl halides is 6. The van der Waals surface area contributed by atoms with Crippen LogP contribution in [-0.2, 0) is 82.7 Å². The van der Waals surface area contributed by atoms with Gasteiger partial charge in [0.2, 0.25) is 70.9 Å². The Kier molecular flexibility index (Phi) is 28.1. The molecule has 33 heteroatoms. The molecule has 2 aliphatic carbocycles. The monoisotopic (exact) mass is 1510 g/mol. The number of carbonyl (C=O) groups excluding carboxylic acids is 12. The van der Waals surface area contributed by atoms with Gasteiger partial charge < -0.3 is 60.0 Å². The highest BCUT2D eigenvalue weighted by atomic mass is 19.4. The largest absolute Gasteiger partial charge is 0.422 e. The van der Waals surface area contributed by atoms with Gasteiger partial charge in [-0.25, -0.2) is 13.2 Å². The van der Waals surface area contributed by atoms with E-state index in [0.29, 0.717) is 50.7 Å². The fourth-order valence-corrected chi connectivity index (χ4v) is 14.8. The fraction of sp³-hybridized carbons (Fsp3) is 0.644. The molecule has 2 saturated carbocycles. The maximum Gasteiger partial charge on any atom is 0.422 e. The van der Waals surface area contributed by atoms with Gasteiger partial charge in [-0.15, -0.1) is 0 Å². The van der Waals surface area contributed by atoms with E-state index in [2.05, 4.69) is 16.0 Å². The first-order valence-electron chi connectivity index (χ1n) is 35.9. The van der Waals surface area contributed by atoms with Gasteiger partial charge in [0.05, 0.1) is 30.9 Å². The zero-order valence-corrected chi connectivity index (χ0v) is 62.1. The van der Waals surface area contributed by atoms with Gasteiger partial charge in [0.25, 0.3) is 0 Å². The molecule has 5 aliphatic rings. The van der Waals surface area contributed by atoms with Gasteiger partial charge in [0.15, 0.2) is 0 Å². The molecule has 0 aromatic heterocycles. The predicted molar refractivity (Wildman–Crippen MR) is 368 cm³/mol. The minimum atomic E-state index is -5.46. The predicted octanol–water partition coefficient (Wildman–Crippen LogP) is 6.02. The van der Waals surface area contributed by atoms with Crippen molar-refractivity contribution in [2.24, 2.45) is 17.8 Å². The second kappa shape index (κ2) is 35.3. The molecule has 4 fully saturated rings. The molecule has 1 spiro atoms. The summed E-state index contributed by atoms with van der Waals surface area (Å²) >= 11 is 0. The van der Waals surface area contributed by atoms with Crippen molar-refractivity contribution in [3.05, 3.63) is 82.2 Å². The standard InChI is InChI=1S/C73H99F9N12O12/c1-13-42(4)60-68(104)88(8)40-58(97)90(10)53-37-47(74)21-18-31-93(67(53)103)55(36-43-22-25-46(26-23-43)72(77,78)79)66(102)87(7)39-56(95)83-50(27-24-44-34-48(75)59(49(76)35-44)73(80,81)82)64(100)94-32-28-51(94)63(99)85-71(29-16-17-30-71)70(106)92(12)61(45-19-14-15-20-45)69(105)91(11)54(65(101)86(5)6)38-57(96)89(9)52(33-41(2)3)62(98)84-60/h21-23,25-26,34-35,41-42,45,50-55,60-61H,13-20,24,27-33,36-40H2,1-12H3,(H,83,95)(H,84,98)(H,85,99)/b47-21+/t42-,50-,51-,52-,53-,54-,55-,60-,61-/m0/s1. The first kappa shape index (κ1) is 84.5. The van der Waals surface area contributed by atoms with E-state index in [4.69, 9.17) is 0 Å². The van der Waals surface area contributed by atoms with Crippen molar-refractivity contribution in [1.29, 1.82) is 0 Å². The maximum absolute atomic E-state index is 15.9. The fourth-order valence-electron chi connectivity index (χ4n) is 14.8. The van der Waals surface area contributed by atoms with Crippen molar-refractivity contribution >= 4 is 70.9 Å². The van der Waals surface area contributed by atoms with Crippen molar-refractivity contribution < 1.29 is 97.0 Å². The number of nitrogens with zero attached hydrogens (tertiary/aromatic N) is 9. The smallest absolute Gasteiger partial charge is 0.347 e. The Hall–Kier alpha value is -8.81. The highest BCUT2D eigenvalue weighted by molar-refractivity contribution is 6.01. The van der Waals surface area contributed by atoms with Crippen LogP contribution in [0.3, 0.4) is 0 Å². The lowest BCUT2D eigenvalue weighted by molar-refractivity contribution is -0.157. The Bertz CT molecular complexity index is 3620. The van der Waals surface area contributed by atoms with Crippen LogP contribution >= 0.6 is 0 Å². The Labute approximate surface area is 611 Å². The Balaban J connectivity index is 1.33. The lowest BCUT2D eigenvalue weighted by Gasteiger charge is -2.44. The number of aryl methyl sites for hydroxylation is 1. The number of benzene rings is 2. The summed E-state index contributed by atoms with van der Waals surface area (Å²) in [6.07, 6.45) is -9.28. The van der Waals surface area contributed by atoms with E-state index in [1.54, 1.807) is 27.7 Å². The molecule has 2 aromatic carbocycles. The van der Waals surface area contributed by atoms with Gasteiger partial charge in [0, 0.05) is 82.3 Å². The number of hydrogen-bond acceptors (Lipinski definition) is 12. The van der Waals surface area contributed by atoms with Crippen LogP contribution in [0.25, 0.3) is 0 Å². The van der Waals surface area contributed by atoms with Crippen molar-refractivity contribution in [1.82, 2.24) is 60.0 Å². The number of likely N-dealkylation sites (N-methyl/N-ethyl adjacent to an activating group) is 7. The molecular formula is C73H99F9N12O12. The summed E-state index contributed by atoms with van der Waals surface area (Å²) in [6, 6.07) is -7.94. The van der Waals surface area contributed by atoms with Gasteiger partial charge in [-0.1, -0.05) is 78.0 Å². The summed E-state index contributed by atoms with van der Waals surface area (Å²) in [6.45, 7) is 4.51. The Morgan fingerprint density at radius 2 is 1.23 bits per heavy atom. The van der Waals surface area contributed by atoms with Crippen molar-refractivity contribution in [3.8, 4) is 0 Å². The molecule has 0 radical (unpaired) electrons. The van der Waals surface area contributed by atoms with Crippen LogP contribution < -0.4 is 16.0 Å². The lowest BCUT2D eigenvalue weighted by atomic mass is 9.89. The van der Waals surface area contributed by atoms with Crippen LogP contribution in [-0.4, -0.2) is 251 Å². The van der Waals surface area contributed by atoms with E-state index in [1.807, 2.05) is 0 Å². The molecule has 2 bridgehead atoms. The number of hydrogen-bond donors (Lipinski definition) is 3. The van der Waals surface area contributed by atoms with E-state index in [1.165, 1.54) is 52.1 Å². The molecule has 9 atom stereocenters. The summed E-state index contributed by atoms with van der Waals surface area (Å²) in [4.78, 5) is 188. The first-order valence-corrected chi connectivity index (χ1v) is 35.9. The first-order chi connectivity index (χ1) is 49.5. The third-order valence-electron chi connectivity index (χ3n) is 21.4. The normalized spacial score (nSPS) is 25.9. The molecule has 2 aromatic rings. The molecule has 12 amide bonds. The SMILES string of the molecule is CC[C@H](C)[C@@H]1NC(=O)[C@H](CC(C)C)N(C)C(=O)C[C@@H](C(=O)N(C)C)N(C)C(=O)[C@H](C2CCCC2)N(C)C(=O)C2(CCCC2)NC(=O)[C@@H]2CCN2C(=O)[C@H](CCc2cc(F)c(C(F)(F)F)c(F)c2)NC(=O)CN(C)C(=O)[C@H](Cc2ccc(C(F)(F)F)cc2)N2CC/C=C(/F)C[C@@H](C2=O)N(C)C(=O)CN(C)C1=O. The minimum Gasteiger partial charge on any atom is -0.347 e. The highest BCUT2D eigenvalue weighted by Crippen LogP contribution is 2.39. The van der Waals surface area contributed by atoms with Gasteiger partial charge in [0.1, 0.15) is 71.1 Å². The Morgan fingerprint density at radius 3 is 1.77 bits per heavy atom. The number of fused-ring (bicyclic) bond motifs is 3. The molecule has 3 heterocycles. The van der Waals surface area contributed by atoms with Crippen molar-refractivity contribution in [3.63, 3.8) is 0 Å². The maximum atomic E-state index is 15.9. The second-order valence-electron chi connectivity index (χ2n) is 29.5. The number of rotatable bonds is 11. The average Bonchev–Trinajstić information content (AvgIpc) is 1.43. The third kappa shape index (κ3) is 19.9. The van der Waals surface area contributed by atoms with E-state index in [-0.39, 0.29) is 56.6 Å². The molecule has 24 nitrogen and oxygen atoms in total. The van der Waals surface area contributed by atoms with E-state index < -0.39 is 235 Å². The summed E-state index contributed by atoms with van der Waals surface area (Å²) in [5, 5.41) is 8.16. The van der Waals surface area contributed by atoms with Gasteiger partial charge in [-0.3, -0.25) is 57.5 Å². The van der Waals surface area contributed by atoms with Crippen LogP contribution in [0.2, 0.25) is 0 Å². The highest BCUT2D eigenvalue weighted by Gasteiger charge is 2.52. The summed E-state index contributed by atoms with van der Waals surface area (Å²) < 4.78 is 129. The average molecular weight is 1510 g/mol. The van der Waals surface area contributed by atoms with Gasteiger partial charge in [-0.2, -0.15) is 26.3 Å². The lowest BCUT2D eigenvalue weighted by Crippen LogP contribution is -2.68. The van der Waals surface area contributed by atoms with Crippen molar-refractivity contribution in [2.45, 2.75) is 203 Å². The van der Waals surface area contributed by atoms with E-state index >= 15 is 37.1 Å². The zero-order valence-electron chi connectivity index (χ0n) is 62.1. The van der Waals surface area contributed by atoms with Gasteiger partial charge in [-0.05, 0) is 111 Å². The summed E-state index contributed by atoms with van der Waals surface area (Å²) in [5.74, 6) is -16.9. The van der Waals surface area contributed by atoms with Crippen LogP contribution in [0.15, 0.2) is 48.3 Å². The molecule has 106 heavy (non-hydrogen) atoms. The summed E-state index contributed by atoms with van der Waals surface area (Å²) in [7, 11) is 10.4. The van der Waals surface area contributed by atoms with Crippen LogP contribution in [0.4, 0.5) is 39.5 Å². The molecule has 2 saturated heterocycles. The topological polar surface area (TPSA) is 270 Å². The van der Waals surface area contributed by atoms with Crippen LogP contribution in [0.1, 0.15) is 146 Å². The molecule has 3 N–H and O–H groups in total. The molecule has 3 aliphatic heterocycles. The molecule has 586 valence electrons. The number of halogens is 9. The zero-order chi connectivity index (χ0) is 78.9. The Morgan fingerprint density at radius 1 is 0.623 bits per heavy atom. The van der Waals surface area contributed by atoms with Crippen LogP contribution in [0.5, 0.6) is 0 Å². The van der Waals surface area contributed by atoms with Crippen molar-refractivity contribution in [2.75, 3.05) is 82.6 Å². The number of amides is 12. The molecule has 7 rings (SSSR count). The van der Waals surface area contributed by atoms with E-state index in [9.17, 15) is 59.9 Å². The van der Waals surface area contributed by atoms with E-state index in [0.717, 1.165) is 78.7 Å². The van der Waals surface area contributed by atoms with Gasteiger partial charge >= 0.3 is 12.4 Å². The number of carbonyl (C=O) groups is 12. The molecular weight excluding hydrogens is 1410 g/mol. The second-order valence-corrected chi connectivity index (χ2v) is 29.5. The quantitative estimate of drug-likeness (QED) is 0.218. The van der Waals surface area contributed by atoms with Crippen LogP contribution in [0, 0.1) is 29.4 Å².